The molecule has 0 saturated carbocycles. The Bertz CT molecular complexity index is 482. The molecule has 1 aromatic rings. The van der Waals surface area contributed by atoms with Gasteiger partial charge in [-0.25, -0.2) is 0 Å². The van der Waals surface area contributed by atoms with Crippen LogP contribution in [0.3, 0.4) is 0 Å². The van der Waals surface area contributed by atoms with Gasteiger partial charge in [-0.15, -0.1) is 0 Å². The fraction of sp³-hybridized carbons (Fsp3) is 0.588. The molecule has 1 aromatic carbocycles. The third kappa shape index (κ3) is 6.45. The first kappa shape index (κ1) is 18.5. The second-order valence-electron chi connectivity index (χ2n) is 6.33. The van der Waals surface area contributed by atoms with Crippen molar-refractivity contribution in [2.24, 2.45) is 11.7 Å². The van der Waals surface area contributed by atoms with E-state index in [0.29, 0.717) is 13.0 Å². The number of aliphatic hydroxyl groups is 1. The van der Waals surface area contributed by atoms with E-state index in [-0.39, 0.29) is 0 Å². The van der Waals surface area contributed by atoms with E-state index in [9.17, 15) is 9.90 Å². The fourth-order valence-electron chi connectivity index (χ4n) is 2.02. The molecular weight excluding hydrogens is 282 g/mol. The second-order valence-corrected chi connectivity index (χ2v) is 6.33. The Kier molecular flexibility index (Phi) is 6.84. The van der Waals surface area contributed by atoms with Gasteiger partial charge in [-0.2, -0.15) is 0 Å². The van der Waals surface area contributed by atoms with Crippen LogP contribution in [0.4, 0.5) is 0 Å². The zero-order valence-electron chi connectivity index (χ0n) is 13.8. The van der Waals surface area contributed by atoms with E-state index in [0.717, 1.165) is 17.7 Å². The molecule has 0 aliphatic rings. The quantitative estimate of drug-likeness (QED) is 0.722. The molecule has 1 rings (SSSR count). The van der Waals surface area contributed by atoms with Gasteiger partial charge in [0, 0.05) is 0 Å². The van der Waals surface area contributed by atoms with Crippen LogP contribution in [-0.2, 0) is 16.0 Å². The lowest BCUT2D eigenvalue weighted by Crippen LogP contribution is -2.40. The number of hydrogen-bond donors (Lipinski definition) is 2. The lowest BCUT2D eigenvalue weighted by molar-refractivity contribution is -0.193. The summed E-state index contributed by atoms with van der Waals surface area (Å²) in [5.74, 6) is -0.647. The van der Waals surface area contributed by atoms with Crippen molar-refractivity contribution >= 4 is 5.91 Å². The van der Waals surface area contributed by atoms with E-state index in [1.807, 2.05) is 52.0 Å². The molecule has 5 nitrogen and oxygen atoms in total. The summed E-state index contributed by atoms with van der Waals surface area (Å²) in [6.07, 6.45) is -0.0138. The molecule has 0 aromatic heterocycles. The third-order valence-corrected chi connectivity index (χ3v) is 3.01. The zero-order valence-corrected chi connectivity index (χ0v) is 13.8. The van der Waals surface area contributed by atoms with Gasteiger partial charge in [0.2, 0.25) is 5.91 Å². The van der Waals surface area contributed by atoms with Crippen LogP contribution in [0.25, 0.3) is 0 Å². The van der Waals surface area contributed by atoms with Crippen molar-refractivity contribution in [3.8, 4) is 5.75 Å². The van der Waals surface area contributed by atoms with Gasteiger partial charge in [0.1, 0.15) is 5.75 Å². The van der Waals surface area contributed by atoms with Gasteiger partial charge >= 0.3 is 0 Å². The Morgan fingerprint density at radius 3 is 2.59 bits per heavy atom. The molecule has 0 fully saturated rings. The van der Waals surface area contributed by atoms with Gasteiger partial charge in [-0.05, 0) is 51.3 Å². The molecule has 22 heavy (non-hydrogen) atoms. The highest BCUT2D eigenvalue weighted by Gasteiger charge is 2.29. The van der Waals surface area contributed by atoms with Crippen LogP contribution in [0.1, 0.15) is 39.7 Å². The Morgan fingerprint density at radius 1 is 1.36 bits per heavy atom. The van der Waals surface area contributed by atoms with E-state index >= 15 is 0 Å². The van der Waals surface area contributed by atoms with Crippen molar-refractivity contribution in [1.29, 1.82) is 0 Å². The van der Waals surface area contributed by atoms with Crippen LogP contribution in [0.15, 0.2) is 24.3 Å². The number of ether oxygens (including phenoxy) is 2. The van der Waals surface area contributed by atoms with Gasteiger partial charge in [0.15, 0.2) is 6.29 Å². The second kappa shape index (κ2) is 8.15. The number of carbonyl (C=O) groups is 1. The maximum atomic E-state index is 11.6. The minimum atomic E-state index is -1.24. The van der Waals surface area contributed by atoms with Gasteiger partial charge in [-0.1, -0.05) is 19.1 Å². The molecule has 0 aliphatic heterocycles. The minimum Gasteiger partial charge on any atom is -0.494 e. The molecule has 0 saturated heterocycles. The van der Waals surface area contributed by atoms with E-state index < -0.39 is 23.7 Å². The highest BCUT2D eigenvalue weighted by atomic mass is 16.6. The third-order valence-electron chi connectivity index (χ3n) is 3.01. The molecule has 3 N–H and O–H groups in total. The lowest BCUT2D eigenvalue weighted by atomic mass is 9.97. The summed E-state index contributed by atoms with van der Waals surface area (Å²) in [7, 11) is 0. The maximum absolute atomic E-state index is 11.6. The average molecular weight is 309 g/mol. The summed E-state index contributed by atoms with van der Waals surface area (Å²) >= 11 is 0. The first-order chi connectivity index (χ1) is 10.2. The van der Waals surface area contributed by atoms with Crippen molar-refractivity contribution in [1.82, 2.24) is 0 Å². The molecule has 0 bridgehead atoms. The van der Waals surface area contributed by atoms with Gasteiger partial charge < -0.3 is 20.3 Å². The molecule has 0 radical (unpaired) electrons. The maximum Gasteiger partial charge on any atom is 0.225 e. The number of rotatable bonds is 8. The summed E-state index contributed by atoms with van der Waals surface area (Å²) in [4.78, 5) is 11.6. The fourth-order valence-corrected chi connectivity index (χ4v) is 2.02. The van der Waals surface area contributed by atoms with Crippen LogP contribution in [-0.4, -0.2) is 29.5 Å². The van der Waals surface area contributed by atoms with Gasteiger partial charge in [0.25, 0.3) is 0 Å². The average Bonchev–Trinajstić information content (AvgIpc) is 2.40. The number of nitrogens with two attached hydrogens (primary N) is 1. The Balaban J connectivity index is 2.80. The first-order valence-electron chi connectivity index (χ1n) is 7.60. The summed E-state index contributed by atoms with van der Waals surface area (Å²) in [5.41, 5.74) is 5.73. The summed E-state index contributed by atoms with van der Waals surface area (Å²) < 4.78 is 11.0. The predicted molar refractivity (Wildman–Crippen MR) is 85.5 cm³/mol. The summed E-state index contributed by atoms with van der Waals surface area (Å²) in [5, 5.41) is 10.1. The van der Waals surface area contributed by atoms with E-state index in [2.05, 4.69) is 0 Å². The highest BCUT2D eigenvalue weighted by Crippen LogP contribution is 2.21. The molecule has 2 atom stereocenters. The topological polar surface area (TPSA) is 81.8 Å². The van der Waals surface area contributed by atoms with Gasteiger partial charge in [-0.3, -0.25) is 4.79 Å². The van der Waals surface area contributed by atoms with Crippen molar-refractivity contribution in [2.45, 2.75) is 52.4 Å². The van der Waals surface area contributed by atoms with Crippen molar-refractivity contribution in [3.63, 3.8) is 0 Å². The molecule has 5 heteroatoms. The standard InChI is InChI=1S/C17H27NO4/c1-5-9-21-13-8-6-7-12(10-13)11-14(15(18)19)16(20)22-17(2,3)4/h6-8,10,14,16,20H,5,9,11H2,1-4H3,(H2,18,19). The van der Waals surface area contributed by atoms with E-state index in [1.54, 1.807) is 0 Å². The zero-order chi connectivity index (χ0) is 16.8. The first-order valence-corrected chi connectivity index (χ1v) is 7.60. The van der Waals surface area contributed by atoms with Crippen LogP contribution in [0.2, 0.25) is 0 Å². The predicted octanol–water partition coefficient (Wildman–Crippen LogP) is 2.25. The molecule has 2 unspecified atom stereocenters. The monoisotopic (exact) mass is 309 g/mol. The number of amides is 1. The van der Waals surface area contributed by atoms with Crippen molar-refractivity contribution in [2.75, 3.05) is 6.61 Å². The van der Waals surface area contributed by atoms with Crippen LogP contribution in [0.5, 0.6) is 5.75 Å². The molecule has 0 heterocycles. The number of hydrogen-bond acceptors (Lipinski definition) is 4. The highest BCUT2D eigenvalue weighted by molar-refractivity contribution is 5.77. The summed E-state index contributed by atoms with van der Waals surface area (Å²) in [6, 6.07) is 7.45. The Labute approximate surface area is 132 Å². The van der Waals surface area contributed by atoms with Crippen LogP contribution >= 0.6 is 0 Å². The number of carbonyl (C=O) groups excluding carboxylic acids is 1. The molecule has 1 amide bonds. The number of aliphatic hydroxyl groups excluding tert-OH is 1. The molecule has 124 valence electrons. The minimum absolute atomic E-state index is 0.301. The normalized spacial score (nSPS) is 14.4. The number of primary amides is 1. The smallest absolute Gasteiger partial charge is 0.225 e. The SMILES string of the molecule is CCCOc1cccc(CC(C(N)=O)C(O)OC(C)(C)C)c1. The molecule has 0 aliphatic carbocycles. The number of benzene rings is 1. The van der Waals surface area contributed by atoms with E-state index in [4.69, 9.17) is 15.2 Å². The molecular formula is C17H27NO4. The lowest BCUT2D eigenvalue weighted by Gasteiger charge is -2.28. The van der Waals surface area contributed by atoms with Gasteiger partial charge in [0.05, 0.1) is 18.1 Å². The van der Waals surface area contributed by atoms with Crippen molar-refractivity contribution in [3.05, 3.63) is 29.8 Å². The van der Waals surface area contributed by atoms with Crippen molar-refractivity contribution < 1.29 is 19.4 Å². The Morgan fingerprint density at radius 2 is 2.05 bits per heavy atom. The summed E-state index contributed by atoms with van der Waals surface area (Å²) in [6.45, 7) is 8.11. The molecule has 0 spiro atoms. The Hall–Kier alpha value is -1.59. The van der Waals surface area contributed by atoms with E-state index in [1.165, 1.54) is 0 Å². The largest absolute Gasteiger partial charge is 0.494 e. The van der Waals surface area contributed by atoms with Crippen LogP contribution < -0.4 is 10.5 Å². The van der Waals surface area contributed by atoms with Crippen LogP contribution in [0, 0.1) is 5.92 Å².